The maximum Gasteiger partial charge on any atom is 0.147 e. The first-order chi connectivity index (χ1) is 6.86. The Bertz CT molecular complexity index is 135. The number of unbranched alkanes of at least 4 members (excludes halogenated alkanes) is 1. The normalized spacial score (nSPS) is 26.6. The van der Waals surface area contributed by atoms with Gasteiger partial charge >= 0.3 is 0 Å². The molecule has 84 valence electrons. The lowest BCUT2D eigenvalue weighted by Crippen LogP contribution is -2.31. The fourth-order valence-electron chi connectivity index (χ4n) is 2.45. The second-order valence-electron chi connectivity index (χ2n) is 4.74. The summed E-state index contributed by atoms with van der Waals surface area (Å²) in [6, 6.07) is 3.22. The van der Waals surface area contributed by atoms with Crippen molar-refractivity contribution in [1.82, 2.24) is 0 Å². The first-order valence-electron chi connectivity index (χ1n) is 6.44. The molecular weight excluding hydrogens is 204 g/mol. The van der Waals surface area contributed by atoms with Gasteiger partial charge in [-0.2, -0.15) is 0 Å². The molecule has 2 atom stereocenters. The van der Waals surface area contributed by atoms with E-state index in [1.165, 1.54) is 32.1 Å². The quantitative estimate of drug-likeness (QED) is 0.637. The Balaban J connectivity index is 2.16. The molecule has 1 nitrogen and oxygen atoms in total. The Hall–Kier alpha value is 0.394. The zero-order valence-electron chi connectivity index (χ0n) is 9.93. The van der Waals surface area contributed by atoms with Crippen LogP contribution in [0.25, 0.3) is 0 Å². The van der Waals surface area contributed by atoms with Crippen molar-refractivity contribution >= 4 is 17.6 Å². The monoisotopic (exact) mass is 230 g/mol. The van der Waals surface area contributed by atoms with Crippen molar-refractivity contribution in [2.75, 3.05) is 6.61 Å². The third-order valence-corrected chi connectivity index (χ3v) is 11.4. The number of rotatable bonds is 6. The molecule has 1 aliphatic rings. The van der Waals surface area contributed by atoms with Crippen LogP contribution < -0.4 is 0 Å². The van der Waals surface area contributed by atoms with E-state index in [0.717, 1.165) is 12.5 Å². The highest BCUT2D eigenvalue weighted by Gasteiger charge is 2.20. The highest BCUT2D eigenvalue weighted by Crippen LogP contribution is 2.22. The van der Waals surface area contributed by atoms with Gasteiger partial charge in [-0.1, -0.05) is 51.6 Å². The molecule has 0 radical (unpaired) electrons. The van der Waals surface area contributed by atoms with E-state index >= 15 is 0 Å². The third kappa shape index (κ3) is 4.76. The molecule has 1 saturated heterocycles. The Labute approximate surface area is 93.0 Å². The van der Waals surface area contributed by atoms with Gasteiger partial charge in [0.2, 0.25) is 0 Å². The number of hydrogen-bond acceptors (Lipinski definition) is 1. The summed E-state index contributed by atoms with van der Waals surface area (Å²) >= 11 is 0. The van der Waals surface area contributed by atoms with Crippen LogP contribution in [0.5, 0.6) is 0 Å². The summed E-state index contributed by atoms with van der Waals surface area (Å²) in [7, 11) is -0.342. The summed E-state index contributed by atoms with van der Waals surface area (Å²) in [5.41, 5.74) is 0. The second kappa shape index (κ2) is 7.66. The molecular formula is C11H26OSi2. The van der Waals surface area contributed by atoms with Gasteiger partial charge in [-0.3, -0.25) is 0 Å². The summed E-state index contributed by atoms with van der Waals surface area (Å²) in [4.78, 5) is 0. The minimum absolute atomic E-state index is 0.0140. The topological polar surface area (TPSA) is 9.23 Å². The van der Waals surface area contributed by atoms with E-state index in [9.17, 15) is 0 Å². The predicted octanol–water partition coefficient (Wildman–Crippen LogP) is 2.43. The van der Waals surface area contributed by atoms with Crippen LogP contribution in [0.2, 0.25) is 12.1 Å². The van der Waals surface area contributed by atoms with Crippen LogP contribution in [-0.4, -0.2) is 24.2 Å². The van der Waals surface area contributed by atoms with Crippen LogP contribution in [0.1, 0.15) is 46.0 Å². The summed E-state index contributed by atoms with van der Waals surface area (Å²) in [6.07, 6.45) is 7.11. The Morgan fingerprint density at radius 1 is 1.43 bits per heavy atom. The van der Waals surface area contributed by atoms with E-state index in [2.05, 4.69) is 13.8 Å². The van der Waals surface area contributed by atoms with Gasteiger partial charge in [0.1, 0.15) is 9.28 Å². The second-order valence-corrected chi connectivity index (χ2v) is 12.7. The Kier molecular flexibility index (Phi) is 6.81. The van der Waals surface area contributed by atoms with Crippen LogP contribution >= 0.6 is 0 Å². The van der Waals surface area contributed by atoms with Crippen molar-refractivity contribution in [1.29, 1.82) is 0 Å². The summed E-state index contributed by atoms with van der Waals surface area (Å²) in [5.74, 6) is 1.06. The highest BCUT2D eigenvalue weighted by atomic mass is 29.2. The van der Waals surface area contributed by atoms with E-state index in [-0.39, 0.29) is 17.6 Å². The summed E-state index contributed by atoms with van der Waals surface area (Å²) < 4.78 is 5.73. The number of hydrogen-bond donors (Lipinski definition) is 0. The van der Waals surface area contributed by atoms with Gasteiger partial charge < -0.3 is 4.43 Å². The fraction of sp³-hybridized carbons (Fsp3) is 1.00. The average molecular weight is 230 g/mol. The highest BCUT2D eigenvalue weighted by molar-refractivity contribution is 7.10. The van der Waals surface area contributed by atoms with Crippen molar-refractivity contribution in [2.24, 2.45) is 5.92 Å². The summed E-state index contributed by atoms with van der Waals surface area (Å²) in [6.45, 7) is 5.78. The Morgan fingerprint density at radius 3 is 2.86 bits per heavy atom. The van der Waals surface area contributed by atoms with Crippen molar-refractivity contribution in [3.05, 3.63) is 0 Å². The maximum atomic E-state index is 5.73. The van der Waals surface area contributed by atoms with E-state index in [0.29, 0.717) is 0 Å². The lowest BCUT2D eigenvalue weighted by molar-refractivity contribution is 0.334. The standard InChI is InChI=1S/C11H26OSi2/c1-3-5-7-11(4-2)10-14-9-6-8-12-13-14/h11,14H,3-10,13H2,1-2H3. The molecule has 1 rings (SSSR count). The third-order valence-electron chi connectivity index (χ3n) is 3.46. The van der Waals surface area contributed by atoms with Crippen LogP contribution in [0.3, 0.4) is 0 Å². The van der Waals surface area contributed by atoms with E-state index in [4.69, 9.17) is 4.43 Å². The maximum absolute atomic E-state index is 5.73. The van der Waals surface area contributed by atoms with Gasteiger partial charge in [0, 0.05) is 6.61 Å². The molecule has 1 heterocycles. The van der Waals surface area contributed by atoms with Crippen molar-refractivity contribution in [3.8, 4) is 0 Å². The zero-order valence-corrected chi connectivity index (χ0v) is 12.5. The molecule has 0 aromatic carbocycles. The Morgan fingerprint density at radius 2 is 2.29 bits per heavy atom. The molecule has 14 heavy (non-hydrogen) atoms. The molecule has 0 aromatic rings. The zero-order chi connectivity index (χ0) is 10.2. The molecule has 0 aromatic heterocycles. The molecule has 0 amide bonds. The van der Waals surface area contributed by atoms with Gasteiger partial charge in [-0.05, 0) is 12.3 Å². The molecule has 0 saturated carbocycles. The molecule has 0 N–H and O–H groups in total. The van der Waals surface area contributed by atoms with Crippen LogP contribution in [0, 0.1) is 5.92 Å². The predicted molar refractivity (Wildman–Crippen MR) is 69.2 cm³/mol. The van der Waals surface area contributed by atoms with Crippen LogP contribution in [0.15, 0.2) is 0 Å². The lowest BCUT2D eigenvalue weighted by atomic mass is 10.0. The van der Waals surface area contributed by atoms with Gasteiger partial charge in [0.25, 0.3) is 0 Å². The van der Waals surface area contributed by atoms with E-state index < -0.39 is 0 Å². The van der Waals surface area contributed by atoms with Crippen molar-refractivity contribution in [3.63, 3.8) is 0 Å². The van der Waals surface area contributed by atoms with Crippen LogP contribution in [0.4, 0.5) is 0 Å². The first kappa shape index (κ1) is 12.5. The average Bonchev–Trinajstić information content (AvgIpc) is 2.25. The minimum Gasteiger partial charge on any atom is -0.428 e. The molecule has 0 bridgehead atoms. The molecule has 0 aliphatic carbocycles. The van der Waals surface area contributed by atoms with Gasteiger partial charge in [-0.15, -0.1) is 0 Å². The SMILES string of the molecule is CCCCC(CC)C[SiH]1CCCO[SiH2]1. The molecule has 1 fully saturated rings. The van der Waals surface area contributed by atoms with Crippen molar-refractivity contribution < 1.29 is 4.43 Å². The fourth-order valence-corrected chi connectivity index (χ4v) is 10.6. The smallest absolute Gasteiger partial charge is 0.147 e. The van der Waals surface area contributed by atoms with Gasteiger partial charge in [0.05, 0.1) is 8.31 Å². The van der Waals surface area contributed by atoms with Gasteiger partial charge in [0.15, 0.2) is 0 Å². The summed E-state index contributed by atoms with van der Waals surface area (Å²) in [5, 5.41) is 0. The van der Waals surface area contributed by atoms with Crippen molar-refractivity contribution in [2.45, 2.75) is 58.0 Å². The minimum atomic E-state index is -0.328. The van der Waals surface area contributed by atoms with E-state index in [1.54, 1.807) is 12.1 Å². The molecule has 1 aliphatic heterocycles. The largest absolute Gasteiger partial charge is 0.428 e. The van der Waals surface area contributed by atoms with Gasteiger partial charge in [-0.25, -0.2) is 0 Å². The molecule has 2 unspecified atom stereocenters. The molecule has 0 spiro atoms. The lowest BCUT2D eigenvalue weighted by Gasteiger charge is -2.24. The molecule has 3 heteroatoms. The first-order valence-corrected chi connectivity index (χ1v) is 11.9. The van der Waals surface area contributed by atoms with E-state index in [1.807, 2.05) is 0 Å². The van der Waals surface area contributed by atoms with Crippen LogP contribution in [-0.2, 0) is 4.43 Å².